The fraction of sp³-hybridized carbons (Fsp3) is 0.278. The number of H-pyrrole nitrogens is 1. The zero-order valence-corrected chi connectivity index (χ0v) is 12.9. The van der Waals surface area contributed by atoms with E-state index >= 15 is 0 Å². The SMILES string of the molecule is CCN(CC)c1ccc(-c2nc3c(C)cccc3[nH]2)cc1. The molecule has 0 atom stereocenters. The van der Waals surface area contributed by atoms with Crippen LogP contribution in [0.25, 0.3) is 22.4 Å². The number of benzene rings is 2. The summed E-state index contributed by atoms with van der Waals surface area (Å²) in [5.41, 5.74) is 5.74. The van der Waals surface area contributed by atoms with E-state index in [1.54, 1.807) is 0 Å². The van der Waals surface area contributed by atoms with Crippen LogP contribution in [0.3, 0.4) is 0 Å². The highest BCUT2D eigenvalue weighted by molar-refractivity contribution is 5.82. The third kappa shape index (κ3) is 2.51. The van der Waals surface area contributed by atoms with Crippen molar-refractivity contribution in [2.24, 2.45) is 0 Å². The average molecular weight is 279 g/mol. The van der Waals surface area contributed by atoms with Crippen LogP contribution in [0.1, 0.15) is 19.4 Å². The second-order valence-electron chi connectivity index (χ2n) is 5.28. The van der Waals surface area contributed by atoms with E-state index in [9.17, 15) is 0 Å². The molecule has 0 aliphatic heterocycles. The number of aromatic nitrogens is 2. The molecule has 0 fully saturated rings. The zero-order valence-electron chi connectivity index (χ0n) is 12.9. The first-order valence-electron chi connectivity index (χ1n) is 7.53. The number of aryl methyl sites for hydroxylation is 1. The first-order valence-corrected chi connectivity index (χ1v) is 7.53. The maximum Gasteiger partial charge on any atom is 0.138 e. The van der Waals surface area contributed by atoms with Crippen molar-refractivity contribution in [3.05, 3.63) is 48.0 Å². The number of nitrogens with one attached hydrogen (secondary N) is 1. The molecule has 0 spiro atoms. The molecule has 3 heteroatoms. The number of nitrogens with zero attached hydrogens (tertiary/aromatic N) is 2. The van der Waals surface area contributed by atoms with Gasteiger partial charge in [0.25, 0.3) is 0 Å². The molecule has 0 saturated carbocycles. The second-order valence-corrected chi connectivity index (χ2v) is 5.28. The summed E-state index contributed by atoms with van der Waals surface area (Å²) in [6, 6.07) is 14.8. The summed E-state index contributed by atoms with van der Waals surface area (Å²) in [6.45, 7) is 8.51. The van der Waals surface area contributed by atoms with E-state index in [0.29, 0.717) is 0 Å². The normalized spacial score (nSPS) is 11.0. The summed E-state index contributed by atoms with van der Waals surface area (Å²) in [6.07, 6.45) is 0. The molecule has 0 radical (unpaired) electrons. The smallest absolute Gasteiger partial charge is 0.138 e. The molecule has 21 heavy (non-hydrogen) atoms. The summed E-state index contributed by atoms with van der Waals surface area (Å²) < 4.78 is 0. The number of hydrogen-bond acceptors (Lipinski definition) is 2. The summed E-state index contributed by atoms with van der Waals surface area (Å²) in [4.78, 5) is 10.5. The minimum atomic E-state index is 0.936. The summed E-state index contributed by atoms with van der Waals surface area (Å²) in [5, 5.41) is 0. The molecule has 108 valence electrons. The molecule has 0 unspecified atom stereocenters. The molecule has 0 aliphatic rings. The van der Waals surface area contributed by atoms with E-state index in [-0.39, 0.29) is 0 Å². The Morgan fingerprint density at radius 3 is 2.33 bits per heavy atom. The van der Waals surface area contributed by atoms with E-state index in [1.165, 1.54) is 11.3 Å². The van der Waals surface area contributed by atoms with Gasteiger partial charge < -0.3 is 9.88 Å². The van der Waals surface area contributed by atoms with E-state index in [1.807, 2.05) is 0 Å². The quantitative estimate of drug-likeness (QED) is 0.768. The lowest BCUT2D eigenvalue weighted by Gasteiger charge is -2.20. The number of imidazole rings is 1. The minimum absolute atomic E-state index is 0.936. The summed E-state index contributed by atoms with van der Waals surface area (Å²) in [7, 11) is 0. The molecule has 3 aromatic rings. The van der Waals surface area contributed by atoms with E-state index in [2.05, 4.69) is 73.1 Å². The van der Waals surface area contributed by atoms with Crippen molar-refractivity contribution in [3.8, 4) is 11.4 Å². The number of aromatic amines is 1. The molecule has 1 heterocycles. The standard InChI is InChI=1S/C18H21N3/c1-4-21(5-2)15-11-9-14(10-12-15)18-19-16-8-6-7-13(3)17(16)20-18/h6-12H,4-5H2,1-3H3,(H,19,20). The van der Waals surface area contributed by atoms with Crippen LogP contribution < -0.4 is 4.90 Å². The van der Waals surface area contributed by atoms with Gasteiger partial charge in [-0.1, -0.05) is 12.1 Å². The maximum atomic E-state index is 4.73. The largest absolute Gasteiger partial charge is 0.372 e. The van der Waals surface area contributed by atoms with Gasteiger partial charge in [-0.3, -0.25) is 0 Å². The van der Waals surface area contributed by atoms with Crippen LogP contribution in [0.4, 0.5) is 5.69 Å². The van der Waals surface area contributed by atoms with Gasteiger partial charge in [0.1, 0.15) is 5.82 Å². The Morgan fingerprint density at radius 1 is 1.00 bits per heavy atom. The first-order chi connectivity index (χ1) is 10.2. The Labute approximate surface area is 125 Å². The molecular formula is C18H21N3. The van der Waals surface area contributed by atoms with Gasteiger partial charge in [-0.2, -0.15) is 0 Å². The molecule has 3 rings (SSSR count). The molecule has 0 amide bonds. The van der Waals surface area contributed by atoms with E-state index in [4.69, 9.17) is 4.98 Å². The predicted octanol–water partition coefficient (Wildman–Crippen LogP) is 4.38. The van der Waals surface area contributed by atoms with Crippen molar-refractivity contribution in [1.29, 1.82) is 0 Å². The molecule has 1 aromatic heterocycles. The molecule has 2 aromatic carbocycles. The molecule has 3 nitrogen and oxygen atoms in total. The lowest BCUT2D eigenvalue weighted by atomic mass is 10.2. The highest BCUT2D eigenvalue weighted by Gasteiger charge is 2.08. The van der Waals surface area contributed by atoms with Crippen LogP contribution in [-0.2, 0) is 0 Å². The third-order valence-corrected chi connectivity index (χ3v) is 3.98. The number of fused-ring (bicyclic) bond motifs is 1. The Kier molecular flexibility index (Phi) is 3.65. The van der Waals surface area contributed by atoms with Crippen molar-refractivity contribution < 1.29 is 0 Å². The highest BCUT2D eigenvalue weighted by Crippen LogP contribution is 2.24. The number of rotatable bonds is 4. The van der Waals surface area contributed by atoms with Gasteiger partial charge in [0.15, 0.2) is 0 Å². The molecule has 0 saturated heterocycles. The van der Waals surface area contributed by atoms with E-state index < -0.39 is 0 Å². The number of hydrogen-bond donors (Lipinski definition) is 1. The predicted molar refractivity (Wildman–Crippen MR) is 89.8 cm³/mol. The van der Waals surface area contributed by atoms with Crippen LogP contribution in [0, 0.1) is 6.92 Å². The van der Waals surface area contributed by atoms with Crippen molar-refractivity contribution in [1.82, 2.24) is 9.97 Å². The monoisotopic (exact) mass is 279 g/mol. The van der Waals surface area contributed by atoms with Crippen LogP contribution in [0.5, 0.6) is 0 Å². The van der Waals surface area contributed by atoms with Crippen molar-refractivity contribution in [3.63, 3.8) is 0 Å². The van der Waals surface area contributed by atoms with Gasteiger partial charge in [0.2, 0.25) is 0 Å². The second kappa shape index (κ2) is 5.60. The maximum absolute atomic E-state index is 4.73. The van der Waals surface area contributed by atoms with Gasteiger partial charge in [-0.15, -0.1) is 0 Å². The van der Waals surface area contributed by atoms with Crippen LogP contribution in [-0.4, -0.2) is 23.1 Å². The van der Waals surface area contributed by atoms with Crippen molar-refractivity contribution in [2.75, 3.05) is 18.0 Å². The first kappa shape index (κ1) is 13.7. The summed E-state index contributed by atoms with van der Waals surface area (Å²) in [5.74, 6) is 0.936. The van der Waals surface area contributed by atoms with Gasteiger partial charge in [0, 0.05) is 24.3 Å². The van der Waals surface area contributed by atoms with Crippen LogP contribution >= 0.6 is 0 Å². The Bertz CT molecular complexity index is 737. The highest BCUT2D eigenvalue weighted by atomic mass is 15.1. The topological polar surface area (TPSA) is 31.9 Å². The average Bonchev–Trinajstić information content (AvgIpc) is 2.95. The van der Waals surface area contributed by atoms with Gasteiger partial charge in [-0.05, 0) is 56.7 Å². The molecule has 0 bridgehead atoms. The van der Waals surface area contributed by atoms with Gasteiger partial charge in [0.05, 0.1) is 11.0 Å². The fourth-order valence-corrected chi connectivity index (χ4v) is 2.73. The number of para-hydroxylation sites is 1. The minimum Gasteiger partial charge on any atom is -0.372 e. The van der Waals surface area contributed by atoms with Crippen molar-refractivity contribution >= 4 is 16.7 Å². The molecule has 1 N–H and O–H groups in total. The molecular weight excluding hydrogens is 258 g/mol. The third-order valence-electron chi connectivity index (χ3n) is 3.98. The summed E-state index contributed by atoms with van der Waals surface area (Å²) >= 11 is 0. The Balaban J connectivity index is 1.97. The van der Waals surface area contributed by atoms with Crippen LogP contribution in [0.2, 0.25) is 0 Å². The zero-order chi connectivity index (χ0) is 14.8. The molecule has 0 aliphatic carbocycles. The van der Waals surface area contributed by atoms with Gasteiger partial charge >= 0.3 is 0 Å². The lowest BCUT2D eigenvalue weighted by molar-refractivity contribution is 0.866. The van der Waals surface area contributed by atoms with Crippen LogP contribution in [0.15, 0.2) is 42.5 Å². The lowest BCUT2D eigenvalue weighted by Crippen LogP contribution is -2.21. The van der Waals surface area contributed by atoms with E-state index in [0.717, 1.165) is 35.5 Å². The van der Waals surface area contributed by atoms with Gasteiger partial charge in [-0.25, -0.2) is 4.98 Å². The number of anilines is 1. The Hall–Kier alpha value is -2.29. The van der Waals surface area contributed by atoms with Crippen molar-refractivity contribution in [2.45, 2.75) is 20.8 Å². The fourth-order valence-electron chi connectivity index (χ4n) is 2.73. The Morgan fingerprint density at radius 2 is 1.71 bits per heavy atom.